The molecule has 1 heterocycles. The van der Waals surface area contributed by atoms with Gasteiger partial charge in [0, 0.05) is 24.4 Å². The molecule has 0 aromatic heterocycles. The Balaban J connectivity index is 1.89. The third kappa shape index (κ3) is 3.05. The minimum absolute atomic E-state index is 0.167. The van der Waals surface area contributed by atoms with Crippen LogP contribution in [0.4, 0.5) is 4.79 Å². The molecule has 1 atom stereocenters. The van der Waals surface area contributed by atoms with Crippen molar-refractivity contribution in [3.63, 3.8) is 0 Å². The molecule has 0 radical (unpaired) electrons. The van der Waals surface area contributed by atoms with Crippen LogP contribution >= 0.6 is 0 Å². The number of hydrogen-bond acceptors (Lipinski definition) is 1. The molecule has 1 fully saturated rings. The van der Waals surface area contributed by atoms with Gasteiger partial charge in [-0.05, 0) is 44.2 Å². The van der Waals surface area contributed by atoms with Gasteiger partial charge in [-0.2, -0.15) is 0 Å². The number of aryl methyl sites for hydroxylation is 2. The van der Waals surface area contributed by atoms with E-state index in [-0.39, 0.29) is 11.3 Å². The summed E-state index contributed by atoms with van der Waals surface area (Å²) in [5, 5.41) is 9.62. The molecule has 1 aliphatic heterocycles. The fourth-order valence-electron chi connectivity index (χ4n) is 4.75. The van der Waals surface area contributed by atoms with Crippen molar-refractivity contribution in [1.29, 1.82) is 0 Å². The predicted octanol–water partition coefficient (Wildman–Crippen LogP) is 5.31. The summed E-state index contributed by atoms with van der Waals surface area (Å²) < 4.78 is 0. The fraction of sp³-hybridized carbons (Fsp3) is 0.375. The zero-order valence-corrected chi connectivity index (χ0v) is 16.1. The van der Waals surface area contributed by atoms with Crippen LogP contribution in [-0.2, 0) is 5.41 Å². The molecule has 0 saturated carbocycles. The molecule has 3 heteroatoms. The van der Waals surface area contributed by atoms with E-state index >= 15 is 0 Å². The highest BCUT2D eigenvalue weighted by molar-refractivity contribution is 5.65. The largest absolute Gasteiger partial charge is 0.465 e. The van der Waals surface area contributed by atoms with E-state index in [9.17, 15) is 9.90 Å². The standard InChI is InChI=1S/C24H27NO2/c1-17-6-10-20(11-7-17)24(21-12-8-18(2)9-13-21)14-15-25(23(26)27)16-22(24)19-4-3-5-19/h4,6-13,22H,3,5,14-16H2,1-2H3,(H,26,27). The van der Waals surface area contributed by atoms with Gasteiger partial charge in [0.15, 0.2) is 0 Å². The van der Waals surface area contributed by atoms with Crippen molar-refractivity contribution in [2.45, 2.75) is 38.5 Å². The van der Waals surface area contributed by atoms with Gasteiger partial charge in [0.05, 0.1) is 0 Å². The minimum Gasteiger partial charge on any atom is -0.465 e. The van der Waals surface area contributed by atoms with Crippen molar-refractivity contribution >= 4 is 6.09 Å². The predicted molar refractivity (Wildman–Crippen MR) is 108 cm³/mol. The van der Waals surface area contributed by atoms with Gasteiger partial charge in [0.2, 0.25) is 0 Å². The number of carboxylic acid groups (broad SMARTS) is 1. The van der Waals surface area contributed by atoms with Gasteiger partial charge >= 0.3 is 6.09 Å². The zero-order valence-electron chi connectivity index (χ0n) is 16.1. The third-order valence-electron chi connectivity index (χ3n) is 6.46. The summed E-state index contributed by atoms with van der Waals surface area (Å²) in [5.41, 5.74) is 6.36. The number of nitrogens with zero attached hydrogens (tertiary/aromatic N) is 1. The van der Waals surface area contributed by atoms with Crippen LogP contribution in [0.3, 0.4) is 0 Å². The van der Waals surface area contributed by atoms with Gasteiger partial charge in [-0.15, -0.1) is 0 Å². The number of benzene rings is 2. The van der Waals surface area contributed by atoms with E-state index in [1.807, 2.05) is 0 Å². The van der Waals surface area contributed by atoms with Gasteiger partial charge in [-0.1, -0.05) is 71.3 Å². The second kappa shape index (κ2) is 6.88. The Hall–Kier alpha value is -2.55. The molecule has 1 unspecified atom stereocenters. The average molecular weight is 361 g/mol. The highest BCUT2D eigenvalue weighted by atomic mass is 16.4. The molecule has 3 nitrogen and oxygen atoms in total. The van der Waals surface area contributed by atoms with Crippen molar-refractivity contribution in [2.24, 2.45) is 5.92 Å². The Morgan fingerprint density at radius 2 is 1.52 bits per heavy atom. The summed E-state index contributed by atoms with van der Waals surface area (Å²) in [6, 6.07) is 17.7. The maximum absolute atomic E-state index is 11.7. The molecule has 2 aromatic carbocycles. The number of likely N-dealkylation sites (tertiary alicyclic amines) is 1. The van der Waals surface area contributed by atoms with Crippen molar-refractivity contribution in [2.75, 3.05) is 13.1 Å². The Bertz CT molecular complexity index is 819. The molecule has 1 saturated heterocycles. The maximum atomic E-state index is 11.7. The number of rotatable bonds is 3. The Labute approximate surface area is 161 Å². The van der Waals surface area contributed by atoms with Crippen molar-refractivity contribution in [3.05, 3.63) is 82.4 Å². The molecule has 0 bridgehead atoms. The highest BCUT2D eigenvalue weighted by Crippen LogP contribution is 2.50. The van der Waals surface area contributed by atoms with Gasteiger partial charge in [-0.3, -0.25) is 0 Å². The highest BCUT2D eigenvalue weighted by Gasteiger charge is 2.48. The fourth-order valence-corrected chi connectivity index (χ4v) is 4.75. The minimum atomic E-state index is -0.804. The number of allylic oxidation sites excluding steroid dienone is 1. The van der Waals surface area contributed by atoms with Gasteiger partial charge in [0.25, 0.3) is 0 Å². The monoisotopic (exact) mass is 361 g/mol. The Morgan fingerprint density at radius 1 is 1.00 bits per heavy atom. The van der Waals surface area contributed by atoms with Crippen molar-refractivity contribution < 1.29 is 9.90 Å². The zero-order chi connectivity index (χ0) is 19.0. The lowest BCUT2D eigenvalue weighted by atomic mass is 9.58. The van der Waals surface area contributed by atoms with E-state index in [0.717, 1.165) is 19.3 Å². The van der Waals surface area contributed by atoms with Gasteiger partial charge < -0.3 is 10.0 Å². The summed E-state index contributed by atoms with van der Waals surface area (Å²) >= 11 is 0. The van der Waals surface area contributed by atoms with E-state index in [1.165, 1.54) is 27.8 Å². The van der Waals surface area contributed by atoms with E-state index in [2.05, 4.69) is 68.5 Å². The number of hydrogen-bond donors (Lipinski definition) is 1. The molecular formula is C24H27NO2. The molecule has 2 aromatic rings. The molecule has 27 heavy (non-hydrogen) atoms. The van der Waals surface area contributed by atoms with E-state index in [0.29, 0.717) is 13.1 Å². The van der Waals surface area contributed by atoms with Crippen LogP contribution in [-0.4, -0.2) is 29.2 Å². The molecule has 2 aliphatic rings. The first-order chi connectivity index (χ1) is 13.0. The van der Waals surface area contributed by atoms with E-state index in [4.69, 9.17) is 0 Å². The van der Waals surface area contributed by atoms with E-state index in [1.54, 1.807) is 4.90 Å². The van der Waals surface area contributed by atoms with Crippen LogP contribution in [0.2, 0.25) is 0 Å². The lowest BCUT2D eigenvalue weighted by molar-refractivity contribution is 0.101. The van der Waals surface area contributed by atoms with Crippen LogP contribution in [0, 0.1) is 19.8 Å². The first-order valence-corrected chi connectivity index (χ1v) is 9.82. The van der Waals surface area contributed by atoms with Crippen LogP contribution in [0.15, 0.2) is 60.2 Å². The van der Waals surface area contributed by atoms with Crippen LogP contribution < -0.4 is 0 Å². The third-order valence-corrected chi connectivity index (χ3v) is 6.46. The quantitative estimate of drug-likeness (QED) is 0.753. The summed E-state index contributed by atoms with van der Waals surface area (Å²) in [4.78, 5) is 13.3. The normalized spacial score (nSPS) is 21.3. The number of amides is 1. The molecule has 0 spiro atoms. The molecular weight excluding hydrogens is 334 g/mol. The Morgan fingerprint density at radius 3 is 1.93 bits per heavy atom. The molecule has 4 rings (SSSR count). The second-order valence-corrected chi connectivity index (χ2v) is 8.05. The van der Waals surface area contributed by atoms with E-state index < -0.39 is 6.09 Å². The second-order valence-electron chi connectivity index (χ2n) is 8.05. The first-order valence-electron chi connectivity index (χ1n) is 9.82. The average Bonchev–Trinajstić information content (AvgIpc) is 2.62. The van der Waals surface area contributed by atoms with Crippen molar-refractivity contribution in [1.82, 2.24) is 4.90 Å². The lowest BCUT2D eigenvalue weighted by Crippen LogP contribution is -2.53. The number of carbonyl (C=O) groups is 1. The smallest absolute Gasteiger partial charge is 0.407 e. The van der Waals surface area contributed by atoms with Crippen LogP contribution in [0.25, 0.3) is 0 Å². The summed E-state index contributed by atoms with van der Waals surface area (Å²) in [5.74, 6) is 0.196. The SMILES string of the molecule is Cc1ccc(C2(c3ccc(C)cc3)CCN(C(=O)O)CC2C2=CCC2)cc1. The van der Waals surface area contributed by atoms with Crippen molar-refractivity contribution in [3.8, 4) is 0 Å². The molecule has 1 amide bonds. The number of piperidine rings is 1. The molecule has 1 aliphatic carbocycles. The molecule has 140 valence electrons. The van der Waals surface area contributed by atoms with Gasteiger partial charge in [0.1, 0.15) is 0 Å². The van der Waals surface area contributed by atoms with Crippen LogP contribution in [0.1, 0.15) is 41.5 Å². The summed E-state index contributed by atoms with van der Waals surface area (Å²) in [6.07, 6.45) is 4.51. The maximum Gasteiger partial charge on any atom is 0.407 e. The topological polar surface area (TPSA) is 40.5 Å². The first kappa shape index (κ1) is 17.8. The lowest BCUT2D eigenvalue weighted by Gasteiger charge is -2.50. The van der Waals surface area contributed by atoms with Gasteiger partial charge in [-0.25, -0.2) is 4.79 Å². The van der Waals surface area contributed by atoms with Crippen LogP contribution in [0.5, 0.6) is 0 Å². The molecule has 1 N–H and O–H groups in total. The summed E-state index contributed by atoms with van der Waals surface area (Å²) in [7, 11) is 0. The Kier molecular flexibility index (Phi) is 4.55. The summed E-state index contributed by atoms with van der Waals surface area (Å²) in [6.45, 7) is 5.37.